The maximum atomic E-state index is 12.2. The molecule has 0 aliphatic carbocycles. The summed E-state index contributed by atoms with van der Waals surface area (Å²) in [7, 11) is 0. The first-order chi connectivity index (χ1) is 11.7. The third-order valence-corrected chi connectivity index (χ3v) is 6.33. The van der Waals surface area contributed by atoms with Crippen LogP contribution in [0.25, 0.3) is 0 Å². The normalized spacial score (nSPS) is 30.5. The zero-order valence-electron chi connectivity index (χ0n) is 13.4. The van der Waals surface area contributed by atoms with Crippen molar-refractivity contribution < 1.29 is 18.3 Å². The summed E-state index contributed by atoms with van der Waals surface area (Å²) in [5.41, 5.74) is 0. The molecule has 3 fully saturated rings. The van der Waals surface area contributed by atoms with Gasteiger partial charge in [-0.15, -0.1) is 0 Å². The highest BCUT2D eigenvalue weighted by Gasteiger charge is 2.42. The zero-order valence-corrected chi connectivity index (χ0v) is 14.2. The minimum atomic E-state index is -2.77. The lowest BCUT2D eigenvalue weighted by Crippen LogP contribution is -2.54. The minimum absolute atomic E-state index is 0.211. The van der Waals surface area contributed by atoms with Gasteiger partial charge in [0, 0.05) is 23.0 Å². The predicted octanol–water partition coefficient (Wildman–Crippen LogP) is 3.28. The van der Waals surface area contributed by atoms with Crippen LogP contribution in [0.3, 0.4) is 0 Å². The van der Waals surface area contributed by atoms with Crippen LogP contribution >= 0.6 is 11.9 Å². The van der Waals surface area contributed by atoms with Crippen LogP contribution in [0, 0.1) is 0 Å². The second kappa shape index (κ2) is 7.15. The summed E-state index contributed by atoms with van der Waals surface area (Å²) >= 11 is 1.75. The molecule has 0 radical (unpaired) electrons. The molecule has 4 nitrogen and oxygen atoms in total. The lowest BCUT2D eigenvalue weighted by atomic mass is 9.98. The molecule has 1 N–H and O–H groups in total. The number of benzene rings is 1. The lowest BCUT2D eigenvalue weighted by Gasteiger charge is -2.41. The Kier molecular flexibility index (Phi) is 4.94. The van der Waals surface area contributed by atoms with E-state index in [2.05, 4.69) is 14.4 Å². The third-order valence-electron chi connectivity index (χ3n) is 5.04. The predicted molar refractivity (Wildman–Crippen MR) is 88.3 cm³/mol. The topological polar surface area (TPSA) is 33.7 Å². The Labute approximate surface area is 145 Å². The molecule has 0 aromatic heterocycles. The van der Waals surface area contributed by atoms with Crippen molar-refractivity contribution in [3.63, 3.8) is 0 Å². The Hall–Kier alpha value is -0.890. The number of alkyl halides is 2. The number of ether oxygens (including phenoxy) is 2. The van der Waals surface area contributed by atoms with Crippen molar-refractivity contribution in [3.05, 3.63) is 24.3 Å². The summed E-state index contributed by atoms with van der Waals surface area (Å²) in [6, 6.07) is 9.25. The highest BCUT2D eigenvalue weighted by molar-refractivity contribution is 7.97. The molecule has 2 bridgehead atoms. The van der Waals surface area contributed by atoms with Crippen LogP contribution in [0.15, 0.2) is 29.2 Å². The molecule has 3 saturated heterocycles. The molecule has 3 aliphatic rings. The van der Waals surface area contributed by atoms with Crippen LogP contribution in [-0.2, 0) is 4.74 Å². The maximum absolute atomic E-state index is 12.2. The SMILES string of the molecule is FC(F)Oc1ccc(SN2C3CCC2CC(NC2COC2)C3)cc1. The molecule has 132 valence electrons. The van der Waals surface area contributed by atoms with Crippen molar-refractivity contribution >= 4 is 11.9 Å². The second-order valence-electron chi connectivity index (χ2n) is 6.76. The summed E-state index contributed by atoms with van der Waals surface area (Å²) in [6.45, 7) is -1.08. The number of fused-ring (bicyclic) bond motifs is 2. The van der Waals surface area contributed by atoms with Gasteiger partial charge in [0.25, 0.3) is 0 Å². The molecule has 0 amide bonds. The summed E-state index contributed by atoms with van der Waals surface area (Å²) in [5.74, 6) is 0.211. The van der Waals surface area contributed by atoms with Crippen LogP contribution in [0.1, 0.15) is 25.7 Å². The lowest BCUT2D eigenvalue weighted by molar-refractivity contribution is -0.0498. The number of hydrogen-bond donors (Lipinski definition) is 1. The number of nitrogens with one attached hydrogen (secondary N) is 1. The molecule has 0 saturated carbocycles. The van der Waals surface area contributed by atoms with E-state index in [9.17, 15) is 8.78 Å². The number of nitrogens with zero attached hydrogens (tertiary/aromatic N) is 1. The molecule has 7 heteroatoms. The molecule has 3 aliphatic heterocycles. The molecular formula is C17H22F2N2O2S. The van der Waals surface area contributed by atoms with Crippen molar-refractivity contribution in [2.45, 2.75) is 61.4 Å². The van der Waals surface area contributed by atoms with Crippen molar-refractivity contribution in [1.29, 1.82) is 0 Å². The molecule has 2 unspecified atom stereocenters. The number of halogens is 2. The molecule has 4 rings (SSSR count). The van der Waals surface area contributed by atoms with Crippen LogP contribution < -0.4 is 10.1 Å². The largest absolute Gasteiger partial charge is 0.435 e. The highest BCUT2D eigenvalue weighted by Crippen LogP contribution is 2.43. The van der Waals surface area contributed by atoms with E-state index in [4.69, 9.17) is 4.74 Å². The van der Waals surface area contributed by atoms with Crippen LogP contribution in [-0.4, -0.2) is 48.3 Å². The van der Waals surface area contributed by atoms with Crippen LogP contribution in [0.5, 0.6) is 5.75 Å². The molecule has 3 heterocycles. The number of hydrogen-bond acceptors (Lipinski definition) is 5. The van der Waals surface area contributed by atoms with E-state index in [1.165, 1.54) is 25.7 Å². The quantitative estimate of drug-likeness (QED) is 0.791. The smallest absolute Gasteiger partial charge is 0.387 e. The number of piperidine rings is 1. The fraction of sp³-hybridized carbons (Fsp3) is 0.647. The summed E-state index contributed by atoms with van der Waals surface area (Å²) < 4.78 is 36.6. The van der Waals surface area contributed by atoms with E-state index in [0.29, 0.717) is 24.2 Å². The Morgan fingerprint density at radius 3 is 2.29 bits per heavy atom. The van der Waals surface area contributed by atoms with E-state index in [0.717, 1.165) is 18.1 Å². The Morgan fingerprint density at radius 2 is 1.75 bits per heavy atom. The molecule has 24 heavy (non-hydrogen) atoms. The van der Waals surface area contributed by atoms with Gasteiger partial charge in [0.05, 0.1) is 19.3 Å². The van der Waals surface area contributed by atoms with E-state index < -0.39 is 6.61 Å². The van der Waals surface area contributed by atoms with Gasteiger partial charge in [0.2, 0.25) is 0 Å². The summed E-state index contributed by atoms with van der Waals surface area (Å²) in [5, 5.41) is 3.72. The average molecular weight is 356 g/mol. The van der Waals surface area contributed by atoms with E-state index in [1.807, 2.05) is 12.1 Å². The first-order valence-corrected chi connectivity index (χ1v) is 9.29. The fourth-order valence-corrected chi connectivity index (χ4v) is 5.07. The van der Waals surface area contributed by atoms with Crippen LogP contribution in [0.2, 0.25) is 0 Å². The molecule has 2 atom stereocenters. The Balaban J connectivity index is 1.34. The molecule has 0 spiro atoms. The second-order valence-corrected chi connectivity index (χ2v) is 7.83. The van der Waals surface area contributed by atoms with E-state index >= 15 is 0 Å². The van der Waals surface area contributed by atoms with Crippen molar-refractivity contribution in [1.82, 2.24) is 9.62 Å². The monoisotopic (exact) mass is 356 g/mol. The Bertz CT molecular complexity index is 542. The van der Waals surface area contributed by atoms with Gasteiger partial charge in [0.1, 0.15) is 5.75 Å². The van der Waals surface area contributed by atoms with E-state index in [-0.39, 0.29) is 5.75 Å². The van der Waals surface area contributed by atoms with Gasteiger partial charge >= 0.3 is 6.61 Å². The van der Waals surface area contributed by atoms with Gasteiger partial charge in [-0.05, 0) is 61.9 Å². The standard InChI is InChI=1S/C17H22F2N2O2S/c18-17(19)23-15-3-5-16(6-4-15)24-21-13-1-2-14(21)8-11(7-13)20-12-9-22-10-12/h3-6,11-14,17,20H,1-2,7-10H2. The van der Waals surface area contributed by atoms with Crippen LogP contribution in [0.4, 0.5) is 8.78 Å². The molecule has 1 aromatic rings. The van der Waals surface area contributed by atoms with Gasteiger partial charge in [0.15, 0.2) is 0 Å². The fourth-order valence-electron chi connectivity index (χ4n) is 3.89. The number of rotatable bonds is 6. The summed E-state index contributed by atoms with van der Waals surface area (Å²) in [4.78, 5) is 1.08. The minimum Gasteiger partial charge on any atom is -0.435 e. The molecule has 1 aromatic carbocycles. The van der Waals surface area contributed by atoms with Gasteiger partial charge < -0.3 is 14.8 Å². The molecular weight excluding hydrogens is 334 g/mol. The van der Waals surface area contributed by atoms with Gasteiger partial charge in [-0.2, -0.15) is 8.78 Å². The van der Waals surface area contributed by atoms with E-state index in [1.54, 1.807) is 24.1 Å². The van der Waals surface area contributed by atoms with Crippen molar-refractivity contribution in [2.24, 2.45) is 0 Å². The van der Waals surface area contributed by atoms with Gasteiger partial charge in [-0.1, -0.05) is 0 Å². The first kappa shape index (κ1) is 16.6. The Morgan fingerprint density at radius 1 is 1.08 bits per heavy atom. The summed E-state index contributed by atoms with van der Waals surface area (Å²) in [6.07, 6.45) is 4.83. The van der Waals surface area contributed by atoms with Crippen molar-refractivity contribution in [2.75, 3.05) is 13.2 Å². The first-order valence-electron chi connectivity index (χ1n) is 8.52. The third kappa shape index (κ3) is 3.69. The van der Waals surface area contributed by atoms with Gasteiger partial charge in [-0.25, -0.2) is 4.31 Å². The van der Waals surface area contributed by atoms with Gasteiger partial charge in [-0.3, -0.25) is 0 Å². The maximum Gasteiger partial charge on any atom is 0.387 e. The highest BCUT2D eigenvalue weighted by atomic mass is 32.2. The van der Waals surface area contributed by atoms with Crippen molar-refractivity contribution in [3.8, 4) is 5.75 Å². The zero-order chi connectivity index (χ0) is 16.5. The average Bonchev–Trinajstić information content (AvgIpc) is 2.75.